The van der Waals surface area contributed by atoms with Gasteiger partial charge in [-0.2, -0.15) is 0 Å². The highest BCUT2D eigenvalue weighted by atomic mass is 19.1. The molecule has 1 amide bonds. The van der Waals surface area contributed by atoms with Crippen molar-refractivity contribution in [2.45, 2.75) is 13.0 Å². The fourth-order valence-electron chi connectivity index (χ4n) is 1.32. The quantitative estimate of drug-likeness (QED) is 0.790. The van der Waals surface area contributed by atoms with Crippen LogP contribution >= 0.6 is 0 Å². The van der Waals surface area contributed by atoms with Gasteiger partial charge in [0.15, 0.2) is 0 Å². The van der Waals surface area contributed by atoms with Crippen LogP contribution in [0.25, 0.3) is 0 Å². The second kappa shape index (κ2) is 5.44. The summed E-state index contributed by atoms with van der Waals surface area (Å²) in [5, 5.41) is 2.46. The van der Waals surface area contributed by atoms with Crippen LogP contribution in [-0.4, -0.2) is 25.0 Å². The molecule has 0 aliphatic carbocycles. The molecular weight excluding hydrogens is 246 g/mol. The fourth-order valence-corrected chi connectivity index (χ4v) is 1.32. The van der Waals surface area contributed by atoms with Gasteiger partial charge >= 0.3 is 5.97 Å². The number of esters is 1. The van der Waals surface area contributed by atoms with Crippen LogP contribution in [0.1, 0.15) is 17.3 Å². The SMILES string of the molecule is COC(=O)C(C)Nc1cc(C(N)=O)c(F)cc1F. The second-order valence-corrected chi connectivity index (χ2v) is 3.57. The topological polar surface area (TPSA) is 81.4 Å². The lowest BCUT2D eigenvalue weighted by Gasteiger charge is -2.14. The van der Waals surface area contributed by atoms with Crippen LogP contribution in [0.3, 0.4) is 0 Å². The number of hydrogen-bond acceptors (Lipinski definition) is 4. The molecule has 98 valence electrons. The van der Waals surface area contributed by atoms with E-state index < -0.39 is 35.1 Å². The normalized spacial score (nSPS) is 11.8. The molecule has 0 aliphatic rings. The predicted octanol–water partition coefficient (Wildman–Crippen LogP) is 1.04. The van der Waals surface area contributed by atoms with Crippen molar-refractivity contribution in [1.82, 2.24) is 0 Å². The van der Waals surface area contributed by atoms with Crippen molar-refractivity contribution in [3.05, 3.63) is 29.3 Å². The Labute approximate surface area is 102 Å². The van der Waals surface area contributed by atoms with Gasteiger partial charge in [0.05, 0.1) is 18.4 Å². The van der Waals surface area contributed by atoms with Gasteiger partial charge in [0.2, 0.25) is 0 Å². The predicted molar refractivity (Wildman–Crippen MR) is 60.0 cm³/mol. The van der Waals surface area contributed by atoms with E-state index in [1.54, 1.807) is 0 Å². The Balaban J connectivity index is 3.06. The van der Waals surface area contributed by atoms with E-state index in [1.165, 1.54) is 14.0 Å². The van der Waals surface area contributed by atoms with Gasteiger partial charge in [-0.05, 0) is 13.0 Å². The van der Waals surface area contributed by atoms with Gasteiger partial charge in [-0.15, -0.1) is 0 Å². The van der Waals surface area contributed by atoms with E-state index in [9.17, 15) is 18.4 Å². The number of methoxy groups -OCH3 is 1. The Morgan fingerprint density at radius 2 is 1.94 bits per heavy atom. The monoisotopic (exact) mass is 258 g/mol. The summed E-state index contributed by atoms with van der Waals surface area (Å²) in [6.07, 6.45) is 0. The fraction of sp³-hybridized carbons (Fsp3) is 0.273. The van der Waals surface area contributed by atoms with Gasteiger partial charge in [0.1, 0.15) is 17.7 Å². The Hall–Kier alpha value is -2.18. The lowest BCUT2D eigenvalue weighted by Crippen LogP contribution is -2.28. The molecule has 0 radical (unpaired) electrons. The summed E-state index contributed by atoms with van der Waals surface area (Å²) in [5.74, 6) is -3.65. The van der Waals surface area contributed by atoms with Crippen molar-refractivity contribution < 1.29 is 23.1 Å². The van der Waals surface area contributed by atoms with Crippen LogP contribution in [0.5, 0.6) is 0 Å². The second-order valence-electron chi connectivity index (χ2n) is 3.57. The van der Waals surface area contributed by atoms with Crippen LogP contribution < -0.4 is 11.1 Å². The van der Waals surface area contributed by atoms with Crippen molar-refractivity contribution in [1.29, 1.82) is 0 Å². The highest BCUT2D eigenvalue weighted by molar-refractivity contribution is 5.94. The van der Waals surface area contributed by atoms with Crippen LogP contribution in [0.15, 0.2) is 12.1 Å². The van der Waals surface area contributed by atoms with E-state index in [4.69, 9.17) is 5.73 Å². The summed E-state index contributed by atoms with van der Waals surface area (Å²) in [7, 11) is 1.18. The average molecular weight is 258 g/mol. The zero-order chi connectivity index (χ0) is 13.9. The lowest BCUT2D eigenvalue weighted by atomic mass is 10.1. The maximum absolute atomic E-state index is 13.4. The van der Waals surface area contributed by atoms with Crippen molar-refractivity contribution in [2.75, 3.05) is 12.4 Å². The van der Waals surface area contributed by atoms with Gasteiger partial charge in [0, 0.05) is 6.07 Å². The van der Waals surface area contributed by atoms with Crippen molar-refractivity contribution in [2.24, 2.45) is 5.73 Å². The Morgan fingerprint density at radius 3 is 2.44 bits per heavy atom. The van der Waals surface area contributed by atoms with E-state index in [2.05, 4.69) is 10.1 Å². The number of carbonyl (C=O) groups is 2. The number of anilines is 1. The third kappa shape index (κ3) is 2.93. The number of halogens is 2. The maximum atomic E-state index is 13.4. The van der Waals surface area contributed by atoms with Crippen LogP contribution in [-0.2, 0) is 9.53 Å². The number of carbonyl (C=O) groups excluding carboxylic acids is 2. The number of rotatable bonds is 4. The number of primary amides is 1. The van der Waals surface area contributed by atoms with Crippen molar-refractivity contribution in [3.63, 3.8) is 0 Å². The first-order valence-corrected chi connectivity index (χ1v) is 5.00. The smallest absolute Gasteiger partial charge is 0.327 e. The van der Waals surface area contributed by atoms with Gasteiger partial charge in [-0.25, -0.2) is 13.6 Å². The number of ether oxygens (including phenoxy) is 1. The average Bonchev–Trinajstić information content (AvgIpc) is 2.30. The standard InChI is InChI=1S/C11H12F2N2O3/c1-5(11(17)18-2)15-9-3-6(10(14)16)7(12)4-8(9)13/h3-5,15H,1-2H3,(H2,14,16). The molecule has 7 heteroatoms. The number of nitrogens with one attached hydrogen (secondary N) is 1. The first kappa shape index (κ1) is 13.9. The number of benzene rings is 1. The molecule has 0 aromatic heterocycles. The lowest BCUT2D eigenvalue weighted by molar-refractivity contribution is -0.141. The van der Waals surface area contributed by atoms with E-state index in [0.29, 0.717) is 6.07 Å². The van der Waals surface area contributed by atoms with Crippen molar-refractivity contribution in [3.8, 4) is 0 Å². The highest BCUT2D eigenvalue weighted by Crippen LogP contribution is 2.20. The van der Waals surface area contributed by atoms with Gasteiger partial charge < -0.3 is 15.8 Å². The Kier molecular flexibility index (Phi) is 4.19. The molecule has 0 spiro atoms. The summed E-state index contributed by atoms with van der Waals surface area (Å²) < 4.78 is 31.0. The minimum Gasteiger partial charge on any atom is -0.467 e. The molecule has 0 bridgehead atoms. The largest absolute Gasteiger partial charge is 0.467 e. The molecule has 1 rings (SSSR count). The molecule has 0 heterocycles. The van der Waals surface area contributed by atoms with E-state index in [1.807, 2.05) is 0 Å². The van der Waals surface area contributed by atoms with E-state index >= 15 is 0 Å². The first-order chi connectivity index (χ1) is 8.36. The molecule has 5 nitrogen and oxygen atoms in total. The highest BCUT2D eigenvalue weighted by Gasteiger charge is 2.18. The number of amides is 1. The van der Waals surface area contributed by atoms with E-state index in [-0.39, 0.29) is 5.69 Å². The van der Waals surface area contributed by atoms with Gasteiger partial charge in [0.25, 0.3) is 5.91 Å². The minimum atomic E-state index is -1.06. The van der Waals surface area contributed by atoms with Gasteiger partial charge in [-0.1, -0.05) is 0 Å². The molecule has 0 saturated heterocycles. The molecule has 0 aliphatic heterocycles. The molecule has 1 aromatic carbocycles. The molecule has 1 atom stereocenters. The van der Waals surface area contributed by atoms with Crippen LogP contribution in [0.4, 0.5) is 14.5 Å². The Morgan fingerprint density at radius 1 is 1.33 bits per heavy atom. The molecule has 1 aromatic rings. The summed E-state index contributed by atoms with van der Waals surface area (Å²) in [6.45, 7) is 1.43. The van der Waals surface area contributed by atoms with E-state index in [0.717, 1.165) is 6.07 Å². The molecule has 0 saturated carbocycles. The zero-order valence-electron chi connectivity index (χ0n) is 9.79. The molecule has 18 heavy (non-hydrogen) atoms. The summed E-state index contributed by atoms with van der Waals surface area (Å²) in [4.78, 5) is 22.0. The molecule has 3 N–H and O–H groups in total. The number of hydrogen-bond donors (Lipinski definition) is 2. The third-order valence-corrected chi connectivity index (χ3v) is 2.25. The zero-order valence-corrected chi connectivity index (χ0v) is 9.79. The minimum absolute atomic E-state index is 0.205. The summed E-state index contributed by atoms with van der Waals surface area (Å²) in [5.41, 5.74) is 4.26. The van der Waals surface area contributed by atoms with Crippen LogP contribution in [0.2, 0.25) is 0 Å². The Bertz CT molecular complexity index is 491. The summed E-state index contributed by atoms with van der Waals surface area (Å²) in [6, 6.07) is 0.578. The molecule has 1 unspecified atom stereocenters. The van der Waals surface area contributed by atoms with Crippen LogP contribution in [0, 0.1) is 11.6 Å². The summed E-state index contributed by atoms with van der Waals surface area (Å²) >= 11 is 0. The number of nitrogens with two attached hydrogens (primary N) is 1. The van der Waals surface area contributed by atoms with Crippen molar-refractivity contribution >= 4 is 17.6 Å². The molecular formula is C11H12F2N2O3. The third-order valence-electron chi connectivity index (χ3n) is 2.25. The van der Waals surface area contributed by atoms with Gasteiger partial charge in [-0.3, -0.25) is 4.79 Å². The molecule has 0 fully saturated rings. The maximum Gasteiger partial charge on any atom is 0.327 e. The first-order valence-electron chi connectivity index (χ1n) is 5.00.